The highest BCUT2D eigenvalue weighted by Crippen LogP contribution is 2.12. The van der Waals surface area contributed by atoms with E-state index >= 15 is 0 Å². The molecule has 3 nitrogen and oxygen atoms in total. The zero-order valence-corrected chi connectivity index (χ0v) is 10.0. The summed E-state index contributed by atoms with van der Waals surface area (Å²) in [6, 6.07) is 11.5. The fraction of sp³-hybridized carbons (Fsp3) is 0.0667. The van der Waals surface area contributed by atoms with Crippen molar-refractivity contribution < 1.29 is 9.53 Å². The number of methoxy groups -OCH3 is 1. The van der Waals surface area contributed by atoms with Crippen LogP contribution >= 0.6 is 0 Å². The number of esters is 1. The van der Waals surface area contributed by atoms with Crippen molar-refractivity contribution in [2.75, 3.05) is 7.11 Å². The predicted molar refractivity (Wildman–Crippen MR) is 70.9 cm³/mol. The van der Waals surface area contributed by atoms with Gasteiger partial charge in [-0.3, -0.25) is 4.98 Å². The first-order valence-electron chi connectivity index (χ1n) is 5.56. The van der Waals surface area contributed by atoms with Crippen LogP contribution in [-0.4, -0.2) is 18.1 Å². The Kier molecular flexibility index (Phi) is 3.86. The molecular weight excluding hydrogens is 226 g/mol. The summed E-state index contributed by atoms with van der Waals surface area (Å²) in [7, 11) is 1.37. The van der Waals surface area contributed by atoms with Crippen molar-refractivity contribution in [3.63, 3.8) is 0 Å². The van der Waals surface area contributed by atoms with Crippen molar-refractivity contribution in [2.45, 2.75) is 0 Å². The molecule has 0 unspecified atom stereocenters. The maximum atomic E-state index is 11.6. The highest BCUT2D eigenvalue weighted by Gasteiger charge is 2.08. The molecule has 2 aromatic rings. The van der Waals surface area contributed by atoms with Crippen molar-refractivity contribution in [3.8, 4) is 0 Å². The molecule has 3 heteroatoms. The minimum Gasteiger partial charge on any atom is -0.465 e. The van der Waals surface area contributed by atoms with Crippen molar-refractivity contribution >= 4 is 18.1 Å². The Balaban J connectivity index is 2.29. The SMILES string of the molecule is COC(=O)c1ccncc1/C=C/c1ccccc1. The first kappa shape index (κ1) is 12.0. The minimum absolute atomic E-state index is 0.356. The summed E-state index contributed by atoms with van der Waals surface area (Å²) in [5.74, 6) is -0.356. The highest BCUT2D eigenvalue weighted by molar-refractivity contribution is 5.94. The lowest BCUT2D eigenvalue weighted by atomic mass is 10.1. The summed E-state index contributed by atoms with van der Waals surface area (Å²) < 4.78 is 4.73. The Morgan fingerprint density at radius 1 is 1.17 bits per heavy atom. The molecule has 0 spiro atoms. The smallest absolute Gasteiger partial charge is 0.338 e. The molecule has 0 amide bonds. The largest absolute Gasteiger partial charge is 0.465 e. The van der Waals surface area contributed by atoms with Gasteiger partial charge in [-0.05, 0) is 11.6 Å². The van der Waals surface area contributed by atoms with Crippen LogP contribution in [0.5, 0.6) is 0 Å². The van der Waals surface area contributed by atoms with E-state index in [9.17, 15) is 4.79 Å². The van der Waals surface area contributed by atoms with Crippen LogP contribution in [-0.2, 0) is 4.74 Å². The highest BCUT2D eigenvalue weighted by atomic mass is 16.5. The number of aromatic nitrogens is 1. The lowest BCUT2D eigenvalue weighted by Gasteiger charge is -2.02. The van der Waals surface area contributed by atoms with Crippen molar-refractivity contribution in [1.82, 2.24) is 4.98 Å². The standard InChI is InChI=1S/C15H13NO2/c1-18-15(17)14-9-10-16-11-13(14)8-7-12-5-3-2-4-6-12/h2-11H,1H3/b8-7+. The Morgan fingerprint density at radius 3 is 2.67 bits per heavy atom. The summed E-state index contributed by atoms with van der Waals surface area (Å²) in [6.07, 6.45) is 7.01. The van der Waals surface area contributed by atoms with Gasteiger partial charge in [0.25, 0.3) is 0 Å². The van der Waals surface area contributed by atoms with Crippen LogP contribution < -0.4 is 0 Å². The Morgan fingerprint density at radius 2 is 1.94 bits per heavy atom. The number of rotatable bonds is 3. The van der Waals surface area contributed by atoms with E-state index in [1.54, 1.807) is 18.5 Å². The first-order valence-corrected chi connectivity index (χ1v) is 5.56. The van der Waals surface area contributed by atoms with Gasteiger partial charge in [-0.15, -0.1) is 0 Å². The molecule has 1 heterocycles. The Bertz CT molecular complexity index is 562. The molecule has 0 bridgehead atoms. The van der Waals surface area contributed by atoms with Crippen LogP contribution in [0.4, 0.5) is 0 Å². The average Bonchev–Trinajstić information content (AvgIpc) is 2.45. The van der Waals surface area contributed by atoms with Gasteiger partial charge < -0.3 is 4.74 Å². The van der Waals surface area contributed by atoms with Gasteiger partial charge in [0.1, 0.15) is 0 Å². The van der Waals surface area contributed by atoms with Crippen molar-refractivity contribution in [1.29, 1.82) is 0 Å². The number of benzene rings is 1. The van der Waals surface area contributed by atoms with Gasteiger partial charge in [0.15, 0.2) is 0 Å². The monoisotopic (exact) mass is 239 g/mol. The van der Waals surface area contributed by atoms with E-state index in [4.69, 9.17) is 4.74 Å². The quantitative estimate of drug-likeness (QED) is 0.773. The van der Waals surface area contributed by atoms with Gasteiger partial charge in [0.2, 0.25) is 0 Å². The topological polar surface area (TPSA) is 39.2 Å². The van der Waals surface area contributed by atoms with E-state index in [1.165, 1.54) is 7.11 Å². The molecule has 1 aromatic heterocycles. The molecule has 0 aliphatic rings. The number of hydrogen-bond donors (Lipinski definition) is 0. The van der Waals surface area contributed by atoms with Gasteiger partial charge in [-0.25, -0.2) is 4.79 Å². The third-order valence-corrected chi connectivity index (χ3v) is 2.51. The third kappa shape index (κ3) is 2.83. The van der Waals surface area contributed by atoms with Gasteiger partial charge in [0.05, 0.1) is 12.7 Å². The van der Waals surface area contributed by atoms with E-state index in [-0.39, 0.29) is 5.97 Å². The molecule has 18 heavy (non-hydrogen) atoms. The van der Waals surface area contributed by atoms with Crippen LogP contribution in [0.2, 0.25) is 0 Å². The van der Waals surface area contributed by atoms with E-state index in [1.807, 2.05) is 42.5 Å². The fourth-order valence-corrected chi connectivity index (χ4v) is 1.59. The van der Waals surface area contributed by atoms with Crippen LogP contribution in [0, 0.1) is 0 Å². The summed E-state index contributed by atoms with van der Waals surface area (Å²) in [4.78, 5) is 15.6. The lowest BCUT2D eigenvalue weighted by molar-refractivity contribution is 0.0600. The molecule has 1 aromatic carbocycles. The summed E-state index contributed by atoms with van der Waals surface area (Å²) in [6.45, 7) is 0. The van der Waals surface area contributed by atoms with Crippen LogP contribution in [0.15, 0.2) is 48.8 Å². The number of carbonyl (C=O) groups excluding carboxylic acids is 1. The zero-order chi connectivity index (χ0) is 12.8. The molecule has 0 radical (unpaired) electrons. The van der Waals surface area contributed by atoms with E-state index < -0.39 is 0 Å². The molecule has 2 rings (SSSR count). The molecule has 0 aliphatic heterocycles. The van der Waals surface area contributed by atoms with Crippen LogP contribution in [0.3, 0.4) is 0 Å². The molecule has 0 atom stereocenters. The predicted octanol–water partition coefficient (Wildman–Crippen LogP) is 3.04. The Hall–Kier alpha value is -2.42. The van der Waals surface area contributed by atoms with Crippen molar-refractivity contribution in [3.05, 3.63) is 65.5 Å². The maximum Gasteiger partial charge on any atom is 0.338 e. The number of pyridine rings is 1. The minimum atomic E-state index is -0.356. The van der Waals surface area contributed by atoms with Crippen molar-refractivity contribution in [2.24, 2.45) is 0 Å². The fourth-order valence-electron chi connectivity index (χ4n) is 1.59. The van der Waals surface area contributed by atoms with E-state index in [0.29, 0.717) is 5.56 Å². The lowest BCUT2D eigenvalue weighted by Crippen LogP contribution is -2.03. The number of hydrogen-bond acceptors (Lipinski definition) is 3. The first-order chi connectivity index (χ1) is 8.81. The van der Waals surface area contributed by atoms with Gasteiger partial charge in [-0.1, -0.05) is 42.5 Å². The number of nitrogens with zero attached hydrogens (tertiary/aromatic N) is 1. The van der Waals surface area contributed by atoms with Crippen LogP contribution in [0.25, 0.3) is 12.2 Å². The van der Waals surface area contributed by atoms with Crippen LogP contribution in [0.1, 0.15) is 21.5 Å². The second kappa shape index (κ2) is 5.77. The number of carbonyl (C=O) groups is 1. The Labute approximate surface area is 106 Å². The molecule has 0 saturated heterocycles. The summed E-state index contributed by atoms with van der Waals surface area (Å²) in [5.41, 5.74) is 2.32. The summed E-state index contributed by atoms with van der Waals surface area (Å²) >= 11 is 0. The molecule has 90 valence electrons. The second-order valence-corrected chi connectivity index (χ2v) is 3.70. The molecule has 0 N–H and O–H groups in total. The average molecular weight is 239 g/mol. The normalized spacial score (nSPS) is 10.5. The van der Waals surface area contributed by atoms with Gasteiger partial charge in [-0.2, -0.15) is 0 Å². The zero-order valence-electron chi connectivity index (χ0n) is 10.0. The summed E-state index contributed by atoms with van der Waals surface area (Å²) in [5, 5.41) is 0. The second-order valence-electron chi connectivity index (χ2n) is 3.70. The molecule has 0 fully saturated rings. The van der Waals surface area contributed by atoms with E-state index in [0.717, 1.165) is 11.1 Å². The van der Waals surface area contributed by atoms with Gasteiger partial charge >= 0.3 is 5.97 Å². The molecule has 0 aliphatic carbocycles. The molecular formula is C15H13NO2. The molecule has 0 saturated carbocycles. The third-order valence-electron chi connectivity index (χ3n) is 2.51. The maximum absolute atomic E-state index is 11.6. The van der Waals surface area contributed by atoms with E-state index in [2.05, 4.69) is 4.98 Å². The van der Waals surface area contributed by atoms with Gasteiger partial charge in [0, 0.05) is 18.0 Å². The number of ether oxygens (including phenoxy) is 1.